The zero-order valence-corrected chi connectivity index (χ0v) is 21.6. The fraction of sp³-hybridized carbons (Fsp3) is 0.182. The summed E-state index contributed by atoms with van der Waals surface area (Å²) in [5.41, 5.74) is 31.1. The molecule has 14 nitrogen and oxygen atoms in total. The largest absolute Gasteiger partial charge is 2.00 e. The summed E-state index contributed by atoms with van der Waals surface area (Å²) in [7, 11) is 3.77. The molecule has 37 heavy (non-hydrogen) atoms. The average Bonchev–Trinajstić information content (AvgIpc) is 3.47. The fourth-order valence-electron chi connectivity index (χ4n) is 2.34. The van der Waals surface area contributed by atoms with E-state index >= 15 is 0 Å². The van der Waals surface area contributed by atoms with E-state index in [4.69, 9.17) is 22.1 Å². The van der Waals surface area contributed by atoms with Gasteiger partial charge in [0.25, 0.3) is 0 Å². The Balaban J connectivity index is 0.000000566. The van der Waals surface area contributed by atoms with Gasteiger partial charge in [-0.05, 0) is 38.1 Å². The molecule has 0 amide bonds. The predicted octanol–water partition coefficient (Wildman–Crippen LogP) is 8.02. The van der Waals surface area contributed by atoms with Gasteiger partial charge in [-0.2, -0.15) is 0 Å². The summed E-state index contributed by atoms with van der Waals surface area (Å²) in [5, 5.41) is 16.3. The third kappa shape index (κ3) is 13.0. The van der Waals surface area contributed by atoms with Crippen molar-refractivity contribution in [3.05, 3.63) is 116 Å². The zero-order valence-electron chi connectivity index (χ0n) is 20.5. The summed E-state index contributed by atoms with van der Waals surface area (Å²) in [5.74, 6) is 1.21. The van der Waals surface area contributed by atoms with Gasteiger partial charge >= 0.3 is 16.8 Å². The van der Waals surface area contributed by atoms with Crippen molar-refractivity contribution in [2.45, 2.75) is 13.8 Å². The van der Waals surface area contributed by atoms with Crippen LogP contribution in [0.2, 0.25) is 0 Å². The monoisotopic (exact) mass is 543 g/mol. The topological polar surface area (TPSA) is 202 Å². The van der Waals surface area contributed by atoms with Gasteiger partial charge in [0, 0.05) is 38.9 Å². The smallest absolute Gasteiger partial charge is 0.373 e. The molecule has 4 aromatic rings. The Hall–Kier alpha value is -4.81. The van der Waals surface area contributed by atoms with Gasteiger partial charge in [-0.25, -0.2) is 9.97 Å². The van der Waals surface area contributed by atoms with Crippen LogP contribution >= 0.6 is 0 Å². The van der Waals surface area contributed by atoms with E-state index in [9.17, 15) is 0 Å². The number of imidazole rings is 2. The number of benzene rings is 2. The second kappa shape index (κ2) is 18.5. The van der Waals surface area contributed by atoms with Crippen molar-refractivity contribution in [1.29, 1.82) is 0 Å². The normalized spacial score (nSPS) is 9.41. The molecule has 0 unspecified atom stereocenters. The van der Waals surface area contributed by atoms with Gasteiger partial charge in [-0.15, -0.1) is 20.5 Å². The van der Waals surface area contributed by atoms with E-state index in [1.54, 1.807) is 12.4 Å². The molecule has 0 spiro atoms. The minimum absolute atomic E-state index is 0. The molecule has 1 radical (unpaired) electrons. The second-order valence-electron chi connectivity index (χ2n) is 6.93. The van der Waals surface area contributed by atoms with Crippen molar-refractivity contribution in [2.24, 2.45) is 34.6 Å². The van der Waals surface area contributed by atoms with Crippen molar-refractivity contribution < 1.29 is 16.8 Å². The van der Waals surface area contributed by atoms with Crippen LogP contribution in [-0.2, 0) is 30.9 Å². The van der Waals surface area contributed by atoms with E-state index in [0.29, 0.717) is 11.9 Å². The summed E-state index contributed by atoms with van der Waals surface area (Å²) in [6.07, 6.45) is 7.07. The predicted molar refractivity (Wildman–Crippen MR) is 137 cm³/mol. The van der Waals surface area contributed by atoms with Crippen LogP contribution in [0.1, 0.15) is 11.1 Å². The molecule has 0 N–H and O–H groups in total. The second-order valence-corrected chi connectivity index (χ2v) is 6.93. The SMILES string of the molecule is Cc1ccc(N=Nc2nccn2C)cc1.Cc1ccc(N=Nc2nccn2C)cc1.[Co+2].[N-]=[N+]=[N-].[N-]=[N+]=[N-]. The zero-order chi connectivity index (χ0) is 26.8. The fourth-order valence-corrected chi connectivity index (χ4v) is 2.34. The first-order valence-electron chi connectivity index (χ1n) is 10.2. The number of hydrogen-bond donors (Lipinski definition) is 0. The van der Waals surface area contributed by atoms with E-state index in [0.717, 1.165) is 11.4 Å². The van der Waals surface area contributed by atoms with Gasteiger partial charge in [0.1, 0.15) is 0 Å². The summed E-state index contributed by atoms with van der Waals surface area (Å²) in [6.45, 7) is 4.08. The number of azo groups is 2. The van der Waals surface area contributed by atoms with Crippen LogP contribution < -0.4 is 0 Å². The Morgan fingerprint density at radius 1 is 0.595 bits per heavy atom. The van der Waals surface area contributed by atoms with E-state index in [1.807, 2.05) is 98.0 Å². The molecule has 2 aromatic heterocycles. The van der Waals surface area contributed by atoms with Crippen LogP contribution in [0.3, 0.4) is 0 Å². The van der Waals surface area contributed by atoms with Gasteiger partial charge in [0.15, 0.2) is 0 Å². The Morgan fingerprint density at radius 3 is 1.14 bits per heavy atom. The van der Waals surface area contributed by atoms with Crippen LogP contribution in [0.5, 0.6) is 0 Å². The van der Waals surface area contributed by atoms with Crippen LogP contribution in [0.25, 0.3) is 31.9 Å². The first kappa shape index (κ1) is 32.2. The molecule has 2 aromatic carbocycles. The average molecular weight is 543 g/mol. The molecular weight excluding hydrogens is 519 g/mol. The molecule has 0 fully saturated rings. The minimum Gasteiger partial charge on any atom is -0.373 e. The molecule has 4 rings (SSSR count). The summed E-state index contributed by atoms with van der Waals surface area (Å²) >= 11 is 0. The quantitative estimate of drug-likeness (QED) is 0.142. The Kier molecular flexibility index (Phi) is 16.1. The van der Waals surface area contributed by atoms with Crippen LogP contribution in [0.15, 0.2) is 93.8 Å². The maximum atomic E-state index is 6.75. The summed E-state index contributed by atoms with van der Waals surface area (Å²) in [4.78, 5) is 11.1. The molecule has 0 saturated heterocycles. The molecular formula is C22H24CoN14. The molecule has 0 saturated carbocycles. The third-order valence-corrected chi connectivity index (χ3v) is 4.17. The Bertz CT molecular complexity index is 1200. The molecule has 0 atom stereocenters. The van der Waals surface area contributed by atoms with Crippen LogP contribution in [-0.4, -0.2) is 19.1 Å². The van der Waals surface area contributed by atoms with E-state index in [2.05, 4.69) is 30.4 Å². The number of nitrogens with zero attached hydrogens (tertiary/aromatic N) is 14. The van der Waals surface area contributed by atoms with Crippen molar-refractivity contribution in [3.8, 4) is 0 Å². The van der Waals surface area contributed by atoms with Gasteiger partial charge < -0.3 is 31.3 Å². The minimum atomic E-state index is 0. The summed E-state index contributed by atoms with van der Waals surface area (Å²) in [6, 6.07) is 15.8. The van der Waals surface area contributed by atoms with Crippen molar-refractivity contribution >= 4 is 23.3 Å². The number of hydrogen-bond acceptors (Lipinski definition) is 6. The summed E-state index contributed by atoms with van der Waals surface area (Å²) < 4.78 is 3.63. The first-order chi connectivity index (χ1) is 17.3. The van der Waals surface area contributed by atoms with Gasteiger partial charge in [0.05, 0.1) is 11.4 Å². The molecule has 0 bridgehead atoms. The van der Waals surface area contributed by atoms with E-state index < -0.39 is 0 Å². The molecule has 2 heterocycles. The Labute approximate surface area is 223 Å². The van der Waals surface area contributed by atoms with Gasteiger partial charge in [-0.3, -0.25) is 9.82 Å². The van der Waals surface area contributed by atoms with Gasteiger partial charge in [-0.1, -0.05) is 35.4 Å². The van der Waals surface area contributed by atoms with E-state index in [-0.39, 0.29) is 16.8 Å². The number of aryl methyl sites for hydroxylation is 4. The van der Waals surface area contributed by atoms with Crippen molar-refractivity contribution in [1.82, 2.24) is 19.1 Å². The maximum Gasteiger partial charge on any atom is 2.00 e. The van der Waals surface area contributed by atoms with Crippen LogP contribution in [0.4, 0.5) is 23.3 Å². The molecule has 15 heteroatoms. The third-order valence-electron chi connectivity index (χ3n) is 4.17. The standard InChI is InChI=1S/2C11H12N4.Co.2N3/c2*1-9-3-5-10(6-4-9)13-14-11-12-7-8-15(11)2;;2*1-3-2/h2*3-8H,1-2H3;;;/q;;+2;2*-1. The molecule has 0 aliphatic rings. The van der Waals surface area contributed by atoms with Crippen molar-refractivity contribution in [2.75, 3.05) is 0 Å². The first-order valence-corrected chi connectivity index (χ1v) is 10.2. The van der Waals surface area contributed by atoms with Crippen molar-refractivity contribution in [3.63, 3.8) is 0 Å². The van der Waals surface area contributed by atoms with Gasteiger partial charge in [0.2, 0.25) is 11.9 Å². The Morgan fingerprint density at radius 2 is 0.892 bits per heavy atom. The maximum absolute atomic E-state index is 6.75. The molecule has 191 valence electrons. The molecule has 0 aliphatic heterocycles. The molecule has 0 aliphatic carbocycles. The van der Waals surface area contributed by atoms with Crippen LogP contribution in [0, 0.1) is 13.8 Å². The number of rotatable bonds is 4. The number of aromatic nitrogens is 4. The van der Waals surface area contributed by atoms with E-state index in [1.165, 1.54) is 21.0 Å².